The van der Waals surface area contributed by atoms with Crippen LogP contribution < -0.4 is 5.32 Å². The lowest BCUT2D eigenvalue weighted by atomic mass is 10.2. The normalized spacial score (nSPS) is 11.2. The van der Waals surface area contributed by atoms with Gasteiger partial charge in [0.05, 0.1) is 13.9 Å². The fraction of sp³-hybridized carbons (Fsp3) is 0. The predicted molar refractivity (Wildman–Crippen MR) is 92.4 cm³/mol. The molecule has 1 aromatic heterocycles. The molecule has 2 aromatic rings. The molecular weight excluding hydrogens is 318 g/mol. The van der Waals surface area contributed by atoms with Gasteiger partial charge in [-0.1, -0.05) is 36.4 Å². The fourth-order valence-electron chi connectivity index (χ4n) is 1.45. The van der Waals surface area contributed by atoms with Crippen molar-refractivity contribution in [2.75, 3.05) is 0 Å². The monoisotopic (exact) mass is 334 g/mol. The molecule has 0 saturated heterocycles. The molecule has 0 atom stereocenters. The molecule has 0 amide bonds. The molecule has 1 aromatic carbocycles. The summed E-state index contributed by atoms with van der Waals surface area (Å²) >= 11 is 3.32. The average molecular weight is 335 g/mol. The van der Waals surface area contributed by atoms with E-state index < -0.39 is 0 Å². The summed E-state index contributed by atoms with van der Waals surface area (Å²) in [4.78, 5) is 4.29. The number of nitrogens with zero attached hydrogens (tertiary/aromatic N) is 1. The maximum Gasteiger partial charge on any atom is 0.106 e. The minimum atomic E-state index is 0. The molecule has 0 fully saturated rings. The van der Waals surface area contributed by atoms with E-state index in [1.807, 2.05) is 67.0 Å². The highest BCUT2D eigenvalue weighted by Gasteiger charge is 1.92. The molecule has 5 heteroatoms. The van der Waals surface area contributed by atoms with Gasteiger partial charge in [0.1, 0.15) is 4.60 Å². The van der Waals surface area contributed by atoms with Gasteiger partial charge in [0, 0.05) is 17.8 Å². The first-order valence-electron chi connectivity index (χ1n) is 5.62. The lowest BCUT2D eigenvalue weighted by Gasteiger charge is -1.94. The number of halogens is 2. The summed E-state index contributed by atoms with van der Waals surface area (Å²) in [5.41, 5.74) is 1.03. The largest absolute Gasteiger partial charge is 0.368 e. The van der Waals surface area contributed by atoms with Gasteiger partial charge in [-0.25, -0.2) is 4.98 Å². The summed E-state index contributed by atoms with van der Waals surface area (Å²) in [6.07, 6.45) is 11.6. The van der Waals surface area contributed by atoms with E-state index in [4.69, 9.17) is 0 Å². The Hall–Kier alpha value is -1.88. The minimum Gasteiger partial charge on any atom is -0.368 e. The van der Waals surface area contributed by atoms with Crippen LogP contribution in [-0.2, 0) is 0 Å². The van der Waals surface area contributed by atoms with Crippen LogP contribution in [0.4, 0.5) is 4.70 Å². The van der Waals surface area contributed by atoms with Crippen molar-refractivity contribution < 1.29 is 4.70 Å². The number of hydrogen-bond acceptors (Lipinski definition) is 2. The standard InChI is InChI=1S/C9H6BrN.C6H7N.BH3.FH/c10-9-6-5-7-3-1-2-4-8(7)11-9;1-2-4-6-7-5-3-1;;/h1-6H;1-7H;1H3;1H. The third-order valence-electron chi connectivity index (χ3n) is 2.28. The lowest BCUT2D eigenvalue weighted by Crippen LogP contribution is -1.87. The number of para-hydroxylation sites is 1. The van der Waals surface area contributed by atoms with Crippen LogP contribution in [0.2, 0.25) is 0 Å². The van der Waals surface area contributed by atoms with Crippen molar-refractivity contribution in [3.63, 3.8) is 0 Å². The summed E-state index contributed by atoms with van der Waals surface area (Å²) in [7, 11) is 0. The van der Waals surface area contributed by atoms with Crippen LogP contribution in [0, 0.1) is 0 Å². The number of rotatable bonds is 0. The van der Waals surface area contributed by atoms with Crippen molar-refractivity contribution in [2.45, 2.75) is 0 Å². The van der Waals surface area contributed by atoms with E-state index in [-0.39, 0.29) is 13.1 Å². The highest BCUT2D eigenvalue weighted by atomic mass is 79.9. The van der Waals surface area contributed by atoms with Gasteiger partial charge in [0.2, 0.25) is 0 Å². The van der Waals surface area contributed by atoms with Gasteiger partial charge in [-0.15, -0.1) is 0 Å². The molecule has 2 nitrogen and oxygen atoms in total. The molecule has 20 heavy (non-hydrogen) atoms. The zero-order chi connectivity index (χ0) is 12.6. The number of benzene rings is 1. The topological polar surface area (TPSA) is 24.9 Å². The molecule has 0 aliphatic carbocycles. The summed E-state index contributed by atoms with van der Waals surface area (Å²) in [6.45, 7) is 0. The van der Waals surface area contributed by atoms with E-state index in [2.05, 4.69) is 32.3 Å². The third-order valence-corrected chi connectivity index (χ3v) is 2.72. The molecule has 1 N–H and O–H groups in total. The van der Waals surface area contributed by atoms with E-state index in [1.54, 1.807) is 0 Å². The predicted octanol–water partition coefficient (Wildman–Crippen LogP) is 3.14. The van der Waals surface area contributed by atoms with E-state index >= 15 is 0 Å². The second kappa shape index (κ2) is 9.98. The van der Waals surface area contributed by atoms with Crippen molar-refractivity contribution in [3.8, 4) is 0 Å². The first kappa shape index (κ1) is 18.1. The summed E-state index contributed by atoms with van der Waals surface area (Å²) < 4.78 is 0.885. The molecule has 0 unspecified atom stereocenters. The van der Waals surface area contributed by atoms with Gasteiger partial charge in [0.25, 0.3) is 0 Å². The fourth-order valence-corrected chi connectivity index (χ4v) is 1.77. The number of fused-ring (bicyclic) bond motifs is 1. The highest BCUT2D eigenvalue weighted by Crippen LogP contribution is 2.14. The quantitative estimate of drug-likeness (QED) is 0.591. The van der Waals surface area contributed by atoms with Crippen LogP contribution in [0.3, 0.4) is 0 Å². The molecule has 0 saturated carbocycles. The Morgan fingerprint density at radius 1 is 0.850 bits per heavy atom. The maximum atomic E-state index is 4.29. The number of pyridine rings is 1. The Kier molecular flexibility index (Phi) is 9.04. The number of aromatic nitrogens is 1. The number of nitrogens with one attached hydrogen (secondary N) is 1. The smallest absolute Gasteiger partial charge is 0.106 e. The Labute approximate surface area is 128 Å². The first-order valence-corrected chi connectivity index (χ1v) is 6.41. The maximum absolute atomic E-state index is 4.29. The zero-order valence-corrected chi connectivity index (χ0v) is 11.7. The van der Waals surface area contributed by atoms with Gasteiger partial charge < -0.3 is 5.32 Å². The summed E-state index contributed by atoms with van der Waals surface area (Å²) in [6, 6.07) is 12.0. The Morgan fingerprint density at radius 2 is 1.50 bits per heavy atom. The van der Waals surface area contributed by atoms with Crippen LogP contribution in [-0.4, -0.2) is 13.4 Å². The van der Waals surface area contributed by atoms with Crippen LogP contribution in [0.15, 0.2) is 77.7 Å². The molecule has 1 aliphatic heterocycles. The molecule has 1 aliphatic rings. The minimum absolute atomic E-state index is 0. The van der Waals surface area contributed by atoms with Gasteiger partial charge in [-0.3, -0.25) is 4.70 Å². The Balaban J connectivity index is 0.000000356. The van der Waals surface area contributed by atoms with Crippen molar-refractivity contribution in [1.29, 1.82) is 0 Å². The van der Waals surface area contributed by atoms with Crippen LogP contribution in [0.5, 0.6) is 0 Å². The van der Waals surface area contributed by atoms with Gasteiger partial charge in [-0.05, 0) is 40.2 Å². The van der Waals surface area contributed by atoms with Crippen LogP contribution in [0.1, 0.15) is 0 Å². The van der Waals surface area contributed by atoms with Crippen molar-refractivity contribution in [3.05, 3.63) is 77.7 Å². The summed E-state index contributed by atoms with van der Waals surface area (Å²) in [5.74, 6) is 0. The first-order chi connectivity index (χ1) is 8.86. The number of allylic oxidation sites excluding steroid dienone is 4. The molecule has 104 valence electrons. The Morgan fingerprint density at radius 3 is 2.20 bits per heavy atom. The van der Waals surface area contributed by atoms with Gasteiger partial charge >= 0.3 is 0 Å². The summed E-state index contributed by atoms with van der Waals surface area (Å²) in [5, 5.41) is 4.10. The van der Waals surface area contributed by atoms with Crippen LogP contribution in [0.25, 0.3) is 10.9 Å². The second-order valence-electron chi connectivity index (χ2n) is 3.60. The molecule has 0 bridgehead atoms. The lowest BCUT2D eigenvalue weighted by molar-refractivity contribution is 1.11. The molecular formula is C15H17BBrFN2. The number of hydrogen-bond donors (Lipinski definition) is 1. The van der Waals surface area contributed by atoms with E-state index in [1.165, 1.54) is 5.39 Å². The van der Waals surface area contributed by atoms with Crippen molar-refractivity contribution >= 4 is 35.2 Å². The third kappa shape index (κ3) is 5.84. The van der Waals surface area contributed by atoms with Crippen molar-refractivity contribution in [2.24, 2.45) is 0 Å². The second-order valence-corrected chi connectivity index (χ2v) is 4.41. The Bertz CT molecular complexity index is 598. The average Bonchev–Trinajstić information content (AvgIpc) is 2.71. The molecule has 0 radical (unpaired) electrons. The molecule has 3 rings (SSSR count). The van der Waals surface area contributed by atoms with E-state index in [0.29, 0.717) is 0 Å². The van der Waals surface area contributed by atoms with E-state index in [9.17, 15) is 0 Å². The molecule has 0 spiro atoms. The van der Waals surface area contributed by atoms with Gasteiger partial charge in [-0.2, -0.15) is 0 Å². The zero-order valence-electron chi connectivity index (χ0n) is 10.2. The highest BCUT2D eigenvalue weighted by molar-refractivity contribution is 9.10. The van der Waals surface area contributed by atoms with Crippen LogP contribution >= 0.6 is 15.9 Å². The van der Waals surface area contributed by atoms with E-state index in [0.717, 1.165) is 10.1 Å². The van der Waals surface area contributed by atoms with Gasteiger partial charge in [0.15, 0.2) is 0 Å². The SMILES string of the molecule is B.Brc1ccc2ccccc2n1.C1=CC=CNC=C1.F. The molecule has 2 heterocycles. The van der Waals surface area contributed by atoms with Crippen molar-refractivity contribution in [1.82, 2.24) is 10.3 Å².